The van der Waals surface area contributed by atoms with Crippen LogP contribution in [-0.4, -0.2) is 30.2 Å². The van der Waals surface area contributed by atoms with Crippen LogP contribution in [0.2, 0.25) is 0 Å². The fourth-order valence-electron chi connectivity index (χ4n) is 3.29. The summed E-state index contributed by atoms with van der Waals surface area (Å²) in [6, 6.07) is 23.5. The maximum atomic E-state index is 12.3. The first-order valence-corrected chi connectivity index (χ1v) is 10.1. The second-order valence-corrected chi connectivity index (χ2v) is 7.17. The van der Waals surface area contributed by atoms with Crippen molar-refractivity contribution in [2.45, 2.75) is 19.1 Å². The van der Waals surface area contributed by atoms with E-state index in [1.807, 2.05) is 60.7 Å². The van der Waals surface area contributed by atoms with Crippen molar-refractivity contribution >= 4 is 23.2 Å². The predicted molar refractivity (Wildman–Crippen MR) is 119 cm³/mol. The Morgan fingerprint density at radius 1 is 0.969 bits per heavy atom. The van der Waals surface area contributed by atoms with Gasteiger partial charge in [0.15, 0.2) is 5.58 Å². The number of oxazole rings is 1. The second-order valence-electron chi connectivity index (χ2n) is 7.17. The Labute approximate surface area is 185 Å². The number of fused-ring (bicyclic) bond motifs is 1. The minimum absolute atomic E-state index is 0.0224. The highest BCUT2D eigenvalue weighted by Crippen LogP contribution is 2.24. The number of hydrogen-bond donors (Lipinski definition) is 1. The summed E-state index contributed by atoms with van der Waals surface area (Å²) in [4.78, 5) is 28.9. The van der Waals surface area contributed by atoms with Gasteiger partial charge in [-0.25, -0.2) is 14.6 Å². The van der Waals surface area contributed by atoms with E-state index in [0.29, 0.717) is 23.4 Å². The highest BCUT2D eigenvalue weighted by atomic mass is 16.6. The molecule has 1 atom stereocenters. The SMILES string of the molecule is COC(=O)C(Cc1ccccc1)NC(=O)OCc1ccc2oc(-c3ccccc3)nc2c1. The highest BCUT2D eigenvalue weighted by molar-refractivity contribution is 5.81. The summed E-state index contributed by atoms with van der Waals surface area (Å²) in [7, 11) is 1.28. The molecule has 1 aromatic heterocycles. The van der Waals surface area contributed by atoms with E-state index in [4.69, 9.17) is 13.9 Å². The van der Waals surface area contributed by atoms with Crippen LogP contribution in [-0.2, 0) is 27.3 Å². The Kier molecular flexibility index (Phi) is 6.46. The molecule has 7 nitrogen and oxygen atoms in total. The topological polar surface area (TPSA) is 90.7 Å². The molecule has 0 radical (unpaired) electrons. The lowest BCUT2D eigenvalue weighted by molar-refractivity contribution is -0.143. The molecule has 0 spiro atoms. The molecule has 0 aliphatic carbocycles. The van der Waals surface area contributed by atoms with E-state index in [1.54, 1.807) is 18.2 Å². The molecule has 162 valence electrons. The molecule has 0 aliphatic rings. The molecular weight excluding hydrogens is 408 g/mol. The van der Waals surface area contributed by atoms with Gasteiger partial charge in [0.2, 0.25) is 5.89 Å². The van der Waals surface area contributed by atoms with Gasteiger partial charge in [0, 0.05) is 12.0 Å². The zero-order chi connectivity index (χ0) is 22.3. The Morgan fingerprint density at radius 3 is 2.41 bits per heavy atom. The summed E-state index contributed by atoms with van der Waals surface area (Å²) < 4.78 is 15.9. The molecule has 0 fully saturated rings. The van der Waals surface area contributed by atoms with E-state index in [9.17, 15) is 9.59 Å². The van der Waals surface area contributed by atoms with Crippen LogP contribution < -0.4 is 5.32 Å². The first-order chi connectivity index (χ1) is 15.6. The average molecular weight is 430 g/mol. The summed E-state index contributed by atoms with van der Waals surface area (Å²) in [5.74, 6) is -0.0125. The minimum Gasteiger partial charge on any atom is -0.467 e. The minimum atomic E-state index is -0.846. The van der Waals surface area contributed by atoms with Gasteiger partial charge < -0.3 is 19.2 Å². The molecule has 1 N–H and O–H groups in total. The number of hydrogen-bond acceptors (Lipinski definition) is 6. The molecule has 0 saturated heterocycles. The molecular formula is C25H22N2O5. The number of benzene rings is 3. The van der Waals surface area contributed by atoms with Gasteiger partial charge >= 0.3 is 12.1 Å². The van der Waals surface area contributed by atoms with Gasteiger partial charge in [0.1, 0.15) is 18.2 Å². The van der Waals surface area contributed by atoms with Crippen LogP contribution in [0.1, 0.15) is 11.1 Å². The van der Waals surface area contributed by atoms with Crippen molar-refractivity contribution in [3.05, 3.63) is 90.0 Å². The first-order valence-electron chi connectivity index (χ1n) is 10.1. The Hall–Kier alpha value is -4.13. The summed E-state index contributed by atoms with van der Waals surface area (Å²) >= 11 is 0. The van der Waals surface area contributed by atoms with E-state index >= 15 is 0 Å². The highest BCUT2D eigenvalue weighted by Gasteiger charge is 2.22. The van der Waals surface area contributed by atoms with Crippen LogP contribution in [0.15, 0.2) is 83.3 Å². The van der Waals surface area contributed by atoms with Gasteiger partial charge in [-0.1, -0.05) is 54.6 Å². The molecule has 7 heteroatoms. The van der Waals surface area contributed by atoms with E-state index in [1.165, 1.54) is 7.11 Å². The smallest absolute Gasteiger partial charge is 0.408 e. The zero-order valence-corrected chi connectivity index (χ0v) is 17.5. The van der Waals surface area contributed by atoms with Crippen LogP contribution in [0.3, 0.4) is 0 Å². The lowest BCUT2D eigenvalue weighted by atomic mass is 10.1. The number of alkyl carbamates (subject to hydrolysis) is 1. The number of amides is 1. The van der Waals surface area contributed by atoms with Gasteiger partial charge in [0.25, 0.3) is 0 Å². The van der Waals surface area contributed by atoms with E-state index in [-0.39, 0.29) is 6.61 Å². The van der Waals surface area contributed by atoms with Crippen LogP contribution in [0.25, 0.3) is 22.6 Å². The molecule has 4 rings (SSSR count). The van der Waals surface area contributed by atoms with Crippen molar-refractivity contribution in [3.63, 3.8) is 0 Å². The van der Waals surface area contributed by atoms with Gasteiger partial charge in [0.05, 0.1) is 7.11 Å². The summed E-state index contributed by atoms with van der Waals surface area (Å²) in [5.41, 5.74) is 3.84. The number of methoxy groups -OCH3 is 1. The standard InChI is InChI=1S/C25H22N2O5/c1-30-24(28)21(14-17-8-4-2-5-9-17)27-25(29)31-16-18-12-13-22-20(15-18)26-23(32-22)19-10-6-3-7-11-19/h2-13,15,21H,14,16H2,1H3,(H,27,29). The zero-order valence-electron chi connectivity index (χ0n) is 17.5. The number of nitrogens with one attached hydrogen (secondary N) is 1. The number of aromatic nitrogens is 1. The van der Waals surface area contributed by atoms with Gasteiger partial charge in [-0.15, -0.1) is 0 Å². The average Bonchev–Trinajstić information content (AvgIpc) is 3.26. The number of rotatable bonds is 7. The van der Waals surface area contributed by atoms with Crippen molar-refractivity contribution in [2.24, 2.45) is 0 Å². The number of carbonyl (C=O) groups excluding carboxylic acids is 2. The third-order valence-electron chi connectivity index (χ3n) is 4.90. The Bertz CT molecular complexity index is 1200. The normalized spacial score (nSPS) is 11.7. The predicted octanol–water partition coefficient (Wildman–Crippen LogP) is 4.51. The van der Waals surface area contributed by atoms with Crippen LogP contribution in [0, 0.1) is 0 Å². The molecule has 0 bridgehead atoms. The lowest BCUT2D eigenvalue weighted by Gasteiger charge is -2.16. The van der Waals surface area contributed by atoms with E-state index in [0.717, 1.165) is 16.7 Å². The number of esters is 1. The molecule has 1 heterocycles. The fourth-order valence-corrected chi connectivity index (χ4v) is 3.29. The monoisotopic (exact) mass is 430 g/mol. The number of nitrogens with zero attached hydrogens (tertiary/aromatic N) is 1. The third kappa shape index (κ3) is 5.13. The number of ether oxygens (including phenoxy) is 2. The van der Waals surface area contributed by atoms with Crippen LogP contribution in [0.4, 0.5) is 4.79 Å². The van der Waals surface area contributed by atoms with Crippen molar-refractivity contribution in [1.82, 2.24) is 10.3 Å². The van der Waals surface area contributed by atoms with Crippen LogP contribution >= 0.6 is 0 Å². The quantitative estimate of drug-likeness (QED) is 0.434. The Morgan fingerprint density at radius 2 is 1.69 bits per heavy atom. The van der Waals surface area contributed by atoms with Crippen LogP contribution in [0.5, 0.6) is 0 Å². The molecule has 0 aliphatic heterocycles. The first kappa shape index (κ1) is 21.1. The fraction of sp³-hybridized carbons (Fsp3) is 0.160. The number of carbonyl (C=O) groups is 2. The maximum absolute atomic E-state index is 12.3. The summed E-state index contributed by atoms with van der Waals surface area (Å²) in [6.45, 7) is 0.0224. The van der Waals surface area contributed by atoms with Gasteiger partial charge in [-0.3, -0.25) is 0 Å². The third-order valence-corrected chi connectivity index (χ3v) is 4.90. The summed E-state index contributed by atoms with van der Waals surface area (Å²) in [5, 5.41) is 2.58. The molecule has 0 saturated carbocycles. The molecule has 4 aromatic rings. The largest absolute Gasteiger partial charge is 0.467 e. The van der Waals surface area contributed by atoms with E-state index in [2.05, 4.69) is 10.3 Å². The molecule has 1 amide bonds. The maximum Gasteiger partial charge on any atom is 0.408 e. The van der Waals surface area contributed by atoms with Crippen molar-refractivity contribution in [2.75, 3.05) is 7.11 Å². The lowest BCUT2D eigenvalue weighted by Crippen LogP contribution is -2.43. The second kappa shape index (κ2) is 9.78. The molecule has 3 aromatic carbocycles. The molecule has 32 heavy (non-hydrogen) atoms. The molecule has 1 unspecified atom stereocenters. The van der Waals surface area contributed by atoms with E-state index < -0.39 is 18.1 Å². The van der Waals surface area contributed by atoms with Gasteiger partial charge in [-0.2, -0.15) is 0 Å². The Balaban J connectivity index is 1.39. The van der Waals surface area contributed by atoms with Crippen molar-refractivity contribution in [1.29, 1.82) is 0 Å². The van der Waals surface area contributed by atoms with Gasteiger partial charge in [-0.05, 0) is 35.4 Å². The summed E-state index contributed by atoms with van der Waals surface area (Å²) in [6.07, 6.45) is -0.406. The van der Waals surface area contributed by atoms with Crippen molar-refractivity contribution in [3.8, 4) is 11.5 Å². The van der Waals surface area contributed by atoms with Crippen molar-refractivity contribution < 1.29 is 23.5 Å².